The second kappa shape index (κ2) is 5.78. The normalized spacial score (nSPS) is 29.2. The van der Waals surface area contributed by atoms with Gasteiger partial charge in [-0.1, -0.05) is 0 Å². The van der Waals surface area contributed by atoms with Gasteiger partial charge in [0.25, 0.3) is 0 Å². The average Bonchev–Trinajstić information content (AvgIpc) is 3.21. The van der Waals surface area contributed by atoms with Crippen LogP contribution in [0, 0.1) is 17.8 Å². The number of nitrogens with zero attached hydrogens (tertiary/aromatic N) is 4. The molecule has 6 heteroatoms. The summed E-state index contributed by atoms with van der Waals surface area (Å²) < 4.78 is 0.792. The maximum absolute atomic E-state index is 12.5. The van der Waals surface area contributed by atoms with Gasteiger partial charge in [0.2, 0.25) is 11.7 Å². The van der Waals surface area contributed by atoms with Gasteiger partial charge in [-0.2, -0.15) is 4.98 Å². The predicted molar refractivity (Wildman–Crippen MR) is 101 cm³/mol. The quantitative estimate of drug-likeness (QED) is 0.862. The minimum absolute atomic E-state index is 0.346. The summed E-state index contributed by atoms with van der Waals surface area (Å²) in [7, 11) is 4.56. The number of hydrogen-bond donors (Lipinski definition) is 1. The van der Waals surface area contributed by atoms with Crippen molar-refractivity contribution in [3.8, 4) is 0 Å². The van der Waals surface area contributed by atoms with Crippen molar-refractivity contribution < 1.29 is 4.79 Å². The van der Waals surface area contributed by atoms with E-state index in [1.165, 1.54) is 19.3 Å². The number of aromatic nitrogens is 3. The first-order chi connectivity index (χ1) is 12.5. The zero-order valence-electron chi connectivity index (χ0n) is 15.7. The molecule has 1 N–H and O–H groups in total. The van der Waals surface area contributed by atoms with E-state index in [0.29, 0.717) is 23.8 Å². The number of aromatic amines is 1. The second-order valence-electron chi connectivity index (χ2n) is 8.97. The molecule has 26 heavy (non-hydrogen) atoms. The van der Waals surface area contributed by atoms with Crippen LogP contribution in [0.25, 0.3) is 11.0 Å². The van der Waals surface area contributed by atoms with Crippen molar-refractivity contribution in [1.29, 1.82) is 0 Å². The van der Waals surface area contributed by atoms with Crippen LogP contribution < -0.4 is 4.48 Å². The molecule has 0 bridgehead atoms. The molecule has 2 aromatic rings. The third-order valence-corrected chi connectivity index (χ3v) is 7.07. The van der Waals surface area contributed by atoms with Gasteiger partial charge in [0.15, 0.2) is 0 Å². The number of amides is 1. The lowest BCUT2D eigenvalue weighted by atomic mass is 9.88. The first kappa shape index (κ1) is 16.2. The predicted octanol–water partition coefficient (Wildman–Crippen LogP) is 2.56. The number of quaternary nitrogens is 1. The Bertz CT molecular complexity index is 840. The number of hydrogen-bond acceptors (Lipinski definition) is 3. The summed E-state index contributed by atoms with van der Waals surface area (Å²) in [5.41, 5.74) is 0.915. The number of fused-ring (bicyclic) bond motifs is 2. The van der Waals surface area contributed by atoms with Gasteiger partial charge in [-0.25, -0.2) is 4.98 Å². The first-order valence-corrected chi connectivity index (χ1v) is 9.95. The summed E-state index contributed by atoms with van der Waals surface area (Å²) in [4.78, 5) is 26.8. The van der Waals surface area contributed by atoms with Crippen LogP contribution in [0.1, 0.15) is 32.1 Å². The maximum atomic E-state index is 12.5. The molecule has 0 aromatic carbocycles. The first-order valence-electron chi connectivity index (χ1n) is 9.95. The van der Waals surface area contributed by atoms with E-state index in [4.69, 9.17) is 0 Å². The monoisotopic (exact) mass is 354 g/mol. The molecule has 0 radical (unpaired) electrons. The van der Waals surface area contributed by atoms with Crippen LogP contribution in [0.3, 0.4) is 0 Å². The van der Waals surface area contributed by atoms with Gasteiger partial charge in [0, 0.05) is 38.0 Å². The van der Waals surface area contributed by atoms with E-state index in [1.54, 1.807) is 6.33 Å². The van der Waals surface area contributed by atoms with Crippen LogP contribution >= 0.6 is 0 Å². The minimum Gasteiger partial charge on any atom is -0.346 e. The maximum Gasteiger partial charge on any atom is 0.240 e. The Labute approximate surface area is 154 Å². The molecule has 1 amide bonds. The van der Waals surface area contributed by atoms with Crippen LogP contribution in [0.5, 0.6) is 0 Å². The summed E-state index contributed by atoms with van der Waals surface area (Å²) in [5, 5.41) is 1.12. The third kappa shape index (κ3) is 2.54. The molecule has 3 heterocycles. The number of carbonyl (C=O) groups is 1. The minimum atomic E-state index is 0.346. The molecule has 2 saturated carbocycles. The molecule has 2 aliphatic carbocycles. The fraction of sp³-hybridized carbons (Fsp3) is 0.650. The summed E-state index contributed by atoms with van der Waals surface area (Å²) in [6, 6.07) is 2.64. The largest absolute Gasteiger partial charge is 0.346 e. The SMILES string of the molecule is C[N+](C)(c1ncnc2[nH]ccc12)C1CC2CCN(C(=O)C3CC3)CC2C1. The highest BCUT2D eigenvalue weighted by Crippen LogP contribution is 2.44. The van der Waals surface area contributed by atoms with E-state index < -0.39 is 0 Å². The van der Waals surface area contributed by atoms with Gasteiger partial charge >= 0.3 is 0 Å². The highest BCUT2D eigenvalue weighted by Gasteiger charge is 2.47. The van der Waals surface area contributed by atoms with Crippen molar-refractivity contribution in [3.05, 3.63) is 18.6 Å². The average molecular weight is 354 g/mol. The van der Waals surface area contributed by atoms with Gasteiger partial charge in [0.05, 0.1) is 20.1 Å². The molecule has 1 saturated heterocycles. The molecule has 3 unspecified atom stereocenters. The van der Waals surface area contributed by atoms with Crippen molar-refractivity contribution in [1.82, 2.24) is 24.3 Å². The van der Waals surface area contributed by atoms with E-state index >= 15 is 0 Å². The van der Waals surface area contributed by atoms with E-state index in [9.17, 15) is 4.79 Å². The zero-order chi connectivity index (χ0) is 17.9. The lowest BCUT2D eigenvalue weighted by molar-refractivity contribution is -0.134. The highest BCUT2D eigenvalue weighted by atomic mass is 16.2. The Kier molecular flexibility index (Phi) is 3.61. The fourth-order valence-electron chi connectivity index (χ4n) is 5.26. The number of nitrogens with one attached hydrogen (secondary N) is 1. The third-order valence-electron chi connectivity index (χ3n) is 7.07. The molecular formula is C20H28N5O+. The van der Waals surface area contributed by atoms with Gasteiger partial charge < -0.3 is 9.88 Å². The summed E-state index contributed by atoms with van der Waals surface area (Å²) >= 11 is 0. The smallest absolute Gasteiger partial charge is 0.240 e. The van der Waals surface area contributed by atoms with Gasteiger partial charge in [-0.3, -0.25) is 9.28 Å². The summed E-state index contributed by atoms with van der Waals surface area (Å²) in [6.45, 7) is 1.94. The van der Waals surface area contributed by atoms with Crippen molar-refractivity contribution in [2.24, 2.45) is 17.8 Å². The lowest BCUT2D eigenvalue weighted by Gasteiger charge is -2.35. The van der Waals surface area contributed by atoms with Crippen molar-refractivity contribution in [3.63, 3.8) is 0 Å². The Morgan fingerprint density at radius 1 is 1.19 bits per heavy atom. The Morgan fingerprint density at radius 2 is 2.00 bits per heavy atom. The molecule has 3 fully saturated rings. The van der Waals surface area contributed by atoms with E-state index in [0.717, 1.165) is 53.2 Å². The number of H-pyrrole nitrogens is 1. The van der Waals surface area contributed by atoms with Crippen LogP contribution in [0.4, 0.5) is 5.82 Å². The van der Waals surface area contributed by atoms with E-state index in [2.05, 4.69) is 40.0 Å². The molecule has 5 rings (SSSR count). The van der Waals surface area contributed by atoms with Gasteiger partial charge in [0.1, 0.15) is 17.4 Å². The Hall–Kier alpha value is -1.95. The van der Waals surface area contributed by atoms with Crippen molar-refractivity contribution in [2.75, 3.05) is 27.2 Å². The Balaban J connectivity index is 1.36. The lowest BCUT2D eigenvalue weighted by Crippen LogP contribution is -2.49. The number of rotatable bonds is 3. The number of piperidine rings is 1. The summed E-state index contributed by atoms with van der Waals surface area (Å²) in [6.07, 6.45) is 9.42. The van der Waals surface area contributed by atoms with Gasteiger partial charge in [-0.15, -0.1) is 0 Å². The molecule has 3 atom stereocenters. The molecule has 6 nitrogen and oxygen atoms in total. The van der Waals surface area contributed by atoms with E-state index in [1.807, 2.05) is 6.20 Å². The standard InChI is InChI=1S/C20H28N5O/c1-25(2,19-17-5-7-21-18(17)22-12-23-19)16-9-14-6-8-24(11-15(14)10-16)20(26)13-3-4-13/h5,7,12-16H,3-4,6,8-11H2,1-2H3,(H,21,22,23)/q+1. The zero-order valence-corrected chi connectivity index (χ0v) is 15.7. The van der Waals surface area contributed by atoms with Crippen LogP contribution in [0.2, 0.25) is 0 Å². The van der Waals surface area contributed by atoms with Crippen LogP contribution in [-0.2, 0) is 4.79 Å². The molecule has 2 aromatic heterocycles. The van der Waals surface area contributed by atoms with Crippen LogP contribution in [0.15, 0.2) is 18.6 Å². The van der Waals surface area contributed by atoms with Crippen molar-refractivity contribution >= 4 is 22.8 Å². The molecule has 3 aliphatic rings. The number of likely N-dealkylation sites (tertiary alicyclic amines) is 1. The molecular weight excluding hydrogens is 326 g/mol. The second-order valence-corrected chi connectivity index (χ2v) is 8.97. The van der Waals surface area contributed by atoms with E-state index in [-0.39, 0.29) is 0 Å². The molecule has 138 valence electrons. The topological polar surface area (TPSA) is 61.9 Å². The molecule has 1 aliphatic heterocycles. The van der Waals surface area contributed by atoms with Crippen LogP contribution in [-0.4, -0.2) is 59.0 Å². The highest BCUT2D eigenvalue weighted by molar-refractivity contribution is 5.86. The molecule has 0 spiro atoms. The Morgan fingerprint density at radius 3 is 2.81 bits per heavy atom. The van der Waals surface area contributed by atoms with Crippen molar-refractivity contribution in [2.45, 2.75) is 38.1 Å². The fourth-order valence-corrected chi connectivity index (χ4v) is 5.26. The summed E-state index contributed by atoms with van der Waals surface area (Å²) in [5.74, 6) is 3.27. The number of carbonyl (C=O) groups excluding carboxylic acids is 1. The van der Waals surface area contributed by atoms with Gasteiger partial charge in [-0.05, 0) is 37.2 Å².